The van der Waals surface area contributed by atoms with Gasteiger partial charge in [0.1, 0.15) is 0 Å². The number of rotatable bonds is 24. The molecule has 2 amide bonds. The lowest BCUT2D eigenvalue weighted by Crippen LogP contribution is -2.24. The minimum absolute atomic E-state index is 0.0183. The Kier molecular flexibility index (Phi) is 19.4. The van der Waals surface area contributed by atoms with E-state index in [-0.39, 0.29) is 11.8 Å². The molecule has 4 nitrogen and oxygen atoms in total. The largest absolute Gasteiger partial charge is 0.348 e. The molecule has 2 N–H and O–H groups in total. The Bertz CT molecular complexity index is 912. The van der Waals surface area contributed by atoms with E-state index in [0.29, 0.717) is 24.2 Å². The van der Waals surface area contributed by atoms with Gasteiger partial charge in [0.25, 0.3) is 5.91 Å². The van der Waals surface area contributed by atoms with Gasteiger partial charge in [0.15, 0.2) is 0 Å². The molecule has 0 atom stereocenters. The van der Waals surface area contributed by atoms with E-state index in [1.54, 1.807) is 12.1 Å². The molecule has 0 aromatic heterocycles. The molecule has 2 aromatic carbocycles. The molecule has 222 valence electrons. The molecular formula is C36H56N2O2. The molecule has 0 bridgehead atoms. The number of benzene rings is 2. The highest BCUT2D eigenvalue weighted by Gasteiger charge is 2.13. The summed E-state index contributed by atoms with van der Waals surface area (Å²) in [5.74, 6) is -0.196. The minimum Gasteiger partial charge on any atom is -0.348 e. The van der Waals surface area contributed by atoms with Crippen molar-refractivity contribution in [3.8, 4) is 0 Å². The molecule has 0 aliphatic heterocycles. The molecule has 0 aliphatic rings. The first kappa shape index (κ1) is 33.6. The average Bonchev–Trinajstić information content (AvgIpc) is 2.98. The summed E-state index contributed by atoms with van der Waals surface area (Å²) in [5.41, 5.74) is 2.12. The summed E-state index contributed by atoms with van der Waals surface area (Å²) in [5, 5.41) is 5.89. The van der Waals surface area contributed by atoms with Crippen molar-refractivity contribution in [1.29, 1.82) is 0 Å². The fourth-order valence-electron chi connectivity index (χ4n) is 5.24. The van der Waals surface area contributed by atoms with Crippen molar-refractivity contribution in [3.05, 3.63) is 65.7 Å². The molecule has 0 saturated heterocycles. The van der Waals surface area contributed by atoms with Gasteiger partial charge in [0.2, 0.25) is 5.91 Å². The summed E-state index contributed by atoms with van der Waals surface area (Å²) >= 11 is 0. The van der Waals surface area contributed by atoms with Crippen LogP contribution >= 0.6 is 0 Å². The molecule has 40 heavy (non-hydrogen) atoms. The van der Waals surface area contributed by atoms with Crippen LogP contribution in [0.4, 0.5) is 5.69 Å². The molecule has 0 fully saturated rings. The Balaban J connectivity index is 1.42. The van der Waals surface area contributed by atoms with Gasteiger partial charge in [-0.25, -0.2) is 0 Å². The summed E-state index contributed by atoms with van der Waals surface area (Å²) in [7, 11) is 0. The fourth-order valence-corrected chi connectivity index (χ4v) is 5.24. The average molecular weight is 549 g/mol. The van der Waals surface area contributed by atoms with Crippen molar-refractivity contribution in [1.82, 2.24) is 5.32 Å². The Morgan fingerprint density at radius 3 is 1.52 bits per heavy atom. The number of nitrogens with one attached hydrogen (secondary N) is 2. The topological polar surface area (TPSA) is 58.2 Å². The molecular weight excluding hydrogens is 492 g/mol. The highest BCUT2D eigenvalue weighted by molar-refractivity contribution is 6.03. The monoisotopic (exact) mass is 548 g/mol. The van der Waals surface area contributed by atoms with E-state index in [9.17, 15) is 9.59 Å². The normalized spacial score (nSPS) is 10.9. The van der Waals surface area contributed by atoms with Crippen LogP contribution in [0, 0.1) is 0 Å². The number of carbonyl (C=O) groups excluding carboxylic acids is 2. The van der Waals surface area contributed by atoms with Crippen LogP contribution in [0.1, 0.15) is 151 Å². The smallest absolute Gasteiger partial charge is 0.253 e. The van der Waals surface area contributed by atoms with Gasteiger partial charge in [-0.05, 0) is 24.1 Å². The SMILES string of the molecule is CCCCCCCCCCCCCCCCCCCCCC(=O)Nc1ccccc1C(=O)NCc1ccccc1. The highest BCUT2D eigenvalue weighted by atomic mass is 16.2. The summed E-state index contributed by atoms with van der Waals surface area (Å²) in [6.07, 6.45) is 26.0. The molecule has 4 heteroatoms. The highest BCUT2D eigenvalue weighted by Crippen LogP contribution is 2.17. The van der Waals surface area contributed by atoms with Gasteiger partial charge in [-0.2, -0.15) is 0 Å². The zero-order chi connectivity index (χ0) is 28.5. The number of anilines is 1. The summed E-state index contributed by atoms with van der Waals surface area (Å²) in [6.45, 7) is 2.74. The number of carbonyl (C=O) groups is 2. The fraction of sp³-hybridized carbons (Fsp3) is 0.611. The molecule has 0 radical (unpaired) electrons. The third kappa shape index (κ3) is 16.5. The molecule has 0 aliphatic carbocycles. The predicted molar refractivity (Wildman–Crippen MR) is 171 cm³/mol. The lowest BCUT2D eigenvalue weighted by Gasteiger charge is -2.11. The number of para-hydroxylation sites is 1. The lowest BCUT2D eigenvalue weighted by molar-refractivity contribution is -0.116. The second-order valence-corrected chi connectivity index (χ2v) is 11.4. The molecule has 0 heterocycles. The van der Waals surface area contributed by atoms with Crippen LogP contribution in [0.2, 0.25) is 0 Å². The van der Waals surface area contributed by atoms with Gasteiger partial charge in [-0.3, -0.25) is 9.59 Å². The second-order valence-electron chi connectivity index (χ2n) is 11.4. The standard InChI is InChI=1S/C36H56N2O2/c1-2-3-4-5-6-7-8-9-10-11-12-13-14-15-16-17-18-19-23-30-35(39)38-34-29-25-24-28-33(34)36(40)37-31-32-26-21-20-22-27-32/h20-22,24-29H,2-19,23,30-31H2,1H3,(H,37,40)(H,38,39). The quantitative estimate of drug-likeness (QED) is 0.128. The first-order valence-corrected chi connectivity index (χ1v) is 16.4. The van der Waals surface area contributed by atoms with Crippen molar-refractivity contribution in [2.45, 2.75) is 142 Å². The Labute approximate surface area is 245 Å². The van der Waals surface area contributed by atoms with E-state index in [0.717, 1.165) is 18.4 Å². The van der Waals surface area contributed by atoms with Crippen molar-refractivity contribution in [2.24, 2.45) is 0 Å². The van der Waals surface area contributed by atoms with Crippen LogP contribution in [0.15, 0.2) is 54.6 Å². The first-order chi connectivity index (χ1) is 19.7. The van der Waals surface area contributed by atoms with E-state index in [2.05, 4.69) is 17.6 Å². The summed E-state index contributed by atoms with van der Waals surface area (Å²) < 4.78 is 0. The maximum absolute atomic E-state index is 12.7. The van der Waals surface area contributed by atoms with E-state index in [1.807, 2.05) is 42.5 Å². The second kappa shape index (κ2) is 23.1. The minimum atomic E-state index is -0.178. The zero-order valence-electron chi connectivity index (χ0n) is 25.4. The number of hydrogen-bond donors (Lipinski definition) is 2. The zero-order valence-corrected chi connectivity index (χ0v) is 25.4. The van der Waals surface area contributed by atoms with Gasteiger partial charge >= 0.3 is 0 Å². The maximum atomic E-state index is 12.7. The third-order valence-electron chi connectivity index (χ3n) is 7.75. The van der Waals surface area contributed by atoms with Gasteiger partial charge in [0, 0.05) is 13.0 Å². The van der Waals surface area contributed by atoms with Gasteiger partial charge in [-0.1, -0.05) is 165 Å². The molecule has 2 aromatic rings. The van der Waals surface area contributed by atoms with E-state index in [4.69, 9.17) is 0 Å². The number of amides is 2. The molecule has 0 spiro atoms. The van der Waals surface area contributed by atoms with Crippen LogP contribution in [0.3, 0.4) is 0 Å². The molecule has 0 unspecified atom stereocenters. The van der Waals surface area contributed by atoms with Gasteiger partial charge in [0.05, 0.1) is 11.3 Å². The van der Waals surface area contributed by atoms with Crippen LogP contribution < -0.4 is 10.6 Å². The van der Waals surface area contributed by atoms with E-state index >= 15 is 0 Å². The van der Waals surface area contributed by atoms with Crippen LogP contribution in [0.5, 0.6) is 0 Å². The van der Waals surface area contributed by atoms with E-state index in [1.165, 1.54) is 109 Å². The van der Waals surface area contributed by atoms with Crippen LogP contribution in [-0.2, 0) is 11.3 Å². The lowest BCUT2D eigenvalue weighted by atomic mass is 10.0. The van der Waals surface area contributed by atoms with Gasteiger partial charge < -0.3 is 10.6 Å². The number of hydrogen-bond acceptors (Lipinski definition) is 2. The van der Waals surface area contributed by atoms with Crippen LogP contribution in [0.25, 0.3) is 0 Å². The summed E-state index contributed by atoms with van der Waals surface area (Å²) in [4.78, 5) is 25.2. The molecule has 2 rings (SSSR count). The Morgan fingerprint density at radius 2 is 1.00 bits per heavy atom. The number of unbranched alkanes of at least 4 members (excludes halogenated alkanes) is 18. The van der Waals surface area contributed by atoms with Gasteiger partial charge in [-0.15, -0.1) is 0 Å². The summed E-state index contributed by atoms with van der Waals surface area (Å²) in [6, 6.07) is 17.1. The Hall–Kier alpha value is -2.62. The van der Waals surface area contributed by atoms with Crippen LogP contribution in [-0.4, -0.2) is 11.8 Å². The Morgan fingerprint density at radius 1 is 0.550 bits per heavy atom. The van der Waals surface area contributed by atoms with Crippen molar-refractivity contribution in [3.63, 3.8) is 0 Å². The third-order valence-corrected chi connectivity index (χ3v) is 7.75. The van der Waals surface area contributed by atoms with Crippen molar-refractivity contribution in [2.75, 3.05) is 5.32 Å². The van der Waals surface area contributed by atoms with Crippen molar-refractivity contribution < 1.29 is 9.59 Å². The van der Waals surface area contributed by atoms with E-state index < -0.39 is 0 Å². The predicted octanol–water partition coefficient (Wildman–Crippen LogP) is 10.4. The maximum Gasteiger partial charge on any atom is 0.253 e. The van der Waals surface area contributed by atoms with Crippen molar-refractivity contribution >= 4 is 17.5 Å². The molecule has 0 saturated carbocycles. The first-order valence-electron chi connectivity index (χ1n) is 16.4.